The van der Waals surface area contributed by atoms with Crippen LogP contribution in [0.15, 0.2) is 23.1 Å². The Bertz CT molecular complexity index is 480. The Morgan fingerprint density at radius 3 is 2.57 bits per heavy atom. The first-order chi connectivity index (χ1) is 9.75. The highest BCUT2D eigenvalue weighted by Crippen LogP contribution is 2.33. The molecule has 0 spiro atoms. The number of aryl methyl sites for hydroxylation is 1. The summed E-state index contributed by atoms with van der Waals surface area (Å²) in [7, 11) is 1.56. The van der Waals surface area contributed by atoms with Gasteiger partial charge in [-0.05, 0) is 30.7 Å². The van der Waals surface area contributed by atoms with E-state index in [9.17, 15) is 4.79 Å². The summed E-state index contributed by atoms with van der Waals surface area (Å²) in [5.41, 5.74) is 7.42. The molecule has 0 bridgehead atoms. The quantitative estimate of drug-likeness (QED) is 0.792. The molecule has 0 heterocycles. The lowest BCUT2D eigenvalue weighted by Crippen LogP contribution is -2.28. The number of nitrogens with one attached hydrogen (secondary N) is 1. The van der Waals surface area contributed by atoms with Crippen LogP contribution in [0.1, 0.15) is 32.8 Å². The molecule has 118 valence electrons. The Kier molecular flexibility index (Phi) is 6.71. The van der Waals surface area contributed by atoms with E-state index in [0.29, 0.717) is 6.54 Å². The van der Waals surface area contributed by atoms with Gasteiger partial charge in [0, 0.05) is 29.0 Å². The van der Waals surface area contributed by atoms with Crippen LogP contribution in [0.2, 0.25) is 0 Å². The molecule has 5 heteroatoms. The highest BCUT2D eigenvalue weighted by atomic mass is 32.2. The van der Waals surface area contributed by atoms with Gasteiger partial charge < -0.3 is 15.8 Å². The average molecular weight is 310 g/mol. The number of carbonyl (C=O) groups excluding carboxylic acids is 1. The minimum absolute atomic E-state index is 0.0772. The smallest absolute Gasteiger partial charge is 0.227 e. The minimum Gasteiger partial charge on any atom is -0.380 e. The van der Waals surface area contributed by atoms with E-state index in [2.05, 4.69) is 32.2 Å². The standard InChI is InChI=1S/C16H26N2O2S/c1-11-8-13(21-16(2,3)4)6-7-14(11)18-15(19)9-12(10-17)20-5/h6-8,12H,9-10,17H2,1-5H3,(H,18,19). The predicted octanol–water partition coefficient (Wildman–Crippen LogP) is 3.19. The van der Waals surface area contributed by atoms with Gasteiger partial charge in [0.25, 0.3) is 0 Å². The van der Waals surface area contributed by atoms with Gasteiger partial charge in [-0.3, -0.25) is 4.79 Å². The van der Waals surface area contributed by atoms with Crippen LogP contribution in [-0.2, 0) is 9.53 Å². The summed E-state index contributed by atoms with van der Waals surface area (Å²) in [5, 5.41) is 2.92. The molecule has 4 nitrogen and oxygen atoms in total. The molecule has 1 aromatic carbocycles. The highest BCUT2D eigenvalue weighted by Gasteiger charge is 2.15. The van der Waals surface area contributed by atoms with Crippen molar-refractivity contribution in [3.05, 3.63) is 23.8 Å². The number of carbonyl (C=O) groups is 1. The largest absolute Gasteiger partial charge is 0.380 e. The molecule has 0 aliphatic heterocycles. The van der Waals surface area contributed by atoms with Gasteiger partial charge in [0.1, 0.15) is 0 Å². The molecule has 0 aromatic heterocycles. The summed E-state index contributed by atoms with van der Waals surface area (Å²) in [6.45, 7) is 8.88. The van der Waals surface area contributed by atoms with Crippen LogP contribution >= 0.6 is 11.8 Å². The van der Waals surface area contributed by atoms with E-state index >= 15 is 0 Å². The van der Waals surface area contributed by atoms with Gasteiger partial charge in [-0.2, -0.15) is 0 Å². The molecule has 1 rings (SSSR count). The van der Waals surface area contributed by atoms with Gasteiger partial charge in [0.15, 0.2) is 0 Å². The second-order valence-corrected chi connectivity index (χ2v) is 7.94. The molecule has 0 aliphatic carbocycles. The van der Waals surface area contributed by atoms with E-state index in [1.54, 1.807) is 7.11 Å². The van der Waals surface area contributed by atoms with Crippen LogP contribution < -0.4 is 11.1 Å². The topological polar surface area (TPSA) is 64.3 Å². The maximum absolute atomic E-state index is 12.0. The van der Waals surface area contributed by atoms with Crippen molar-refractivity contribution >= 4 is 23.4 Å². The Morgan fingerprint density at radius 2 is 2.10 bits per heavy atom. The number of anilines is 1. The maximum Gasteiger partial charge on any atom is 0.227 e. The van der Waals surface area contributed by atoms with Crippen molar-refractivity contribution in [3.63, 3.8) is 0 Å². The first-order valence-electron chi connectivity index (χ1n) is 7.07. The molecule has 1 aromatic rings. The lowest BCUT2D eigenvalue weighted by molar-refractivity contribution is -0.118. The summed E-state index contributed by atoms with van der Waals surface area (Å²) in [4.78, 5) is 13.2. The number of benzene rings is 1. The number of ether oxygens (including phenoxy) is 1. The molecule has 3 N–H and O–H groups in total. The Labute approximate surface area is 131 Å². The molecule has 0 fully saturated rings. The third-order valence-electron chi connectivity index (χ3n) is 2.91. The minimum atomic E-state index is -0.235. The highest BCUT2D eigenvalue weighted by molar-refractivity contribution is 8.00. The number of methoxy groups -OCH3 is 1. The molecule has 1 atom stereocenters. The summed E-state index contributed by atoms with van der Waals surface area (Å²) in [6.07, 6.45) is 0.0336. The fraction of sp³-hybridized carbons (Fsp3) is 0.562. The number of rotatable bonds is 6. The number of amides is 1. The molecule has 0 saturated carbocycles. The second-order valence-electron chi connectivity index (χ2n) is 6.04. The van der Waals surface area contributed by atoms with Crippen LogP contribution in [0.4, 0.5) is 5.69 Å². The van der Waals surface area contributed by atoms with Crippen molar-refractivity contribution in [1.29, 1.82) is 0 Å². The van der Waals surface area contributed by atoms with Crippen LogP contribution in [0.5, 0.6) is 0 Å². The van der Waals surface area contributed by atoms with E-state index in [-0.39, 0.29) is 23.2 Å². The van der Waals surface area contributed by atoms with Gasteiger partial charge in [0.2, 0.25) is 5.91 Å². The fourth-order valence-corrected chi connectivity index (χ4v) is 2.94. The third kappa shape index (κ3) is 6.50. The van der Waals surface area contributed by atoms with Crippen LogP contribution in [0, 0.1) is 6.92 Å². The predicted molar refractivity (Wildman–Crippen MR) is 89.9 cm³/mol. The summed E-state index contributed by atoms with van der Waals surface area (Å²) in [6, 6.07) is 6.09. The van der Waals surface area contributed by atoms with E-state index < -0.39 is 0 Å². The van der Waals surface area contributed by atoms with Gasteiger partial charge in [-0.15, -0.1) is 11.8 Å². The zero-order chi connectivity index (χ0) is 16.0. The lowest BCUT2D eigenvalue weighted by atomic mass is 10.2. The first kappa shape index (κ1) is 18.0. The fourth-order valence-electron chi connectivity index (χ4n) is 1.86. The van der Waals surface area contributed by atoms with Crippen molar-refractivity contribution in [1.82, 2.24) is 0 Å². The molecule has 21 heavy (non-hydrogen) atoms. The molecular formula is C16H26N2O2S. The Balaban J connectivity index is 2.70. The zero-order valence-corrected chi connectivity index (χ0v) is 14.3. The normalized spacial score (nSPS) is 13.0. The van der Waals surface area contributed by atoms with Crippen LogP contribution in [-0.4, -0.2) is 30.4 Å². The van der Waals surface area contributed by atoms with Crippen LogP contribution in [0.25, 0.3) is 0 Å². The SMILES string of the molecule is COC(CN)CC(=O)Nc1ccc(SC(C)(C)C)cc1C. The third-order valence-corrected chi connectivity index (χ3v) is 4.01. The summed E-state index contributed by atoms with van der Waals surface area (Å²) in [5.74, 6) is -0.0772. The first-order valence-corrected chi connectivity index (χ1v) is 7.89. The number of hydrogen-bond donors (Lipinski definition) is 2. The molecule has 0 aliphatic rings. The van der Waals surface area contributed by atoms with Crippen molar-refractivity contribution in [2.24, 2.45) is 5.73 Å². The Morgan fingerprint density at radius 1 is 1.43 bits per heavy atom. The van der Waals surface area contributed by atoms with E-state index in [0.717, 1.165) is 11.3 Å². The number of thioether (sulfide) groups is 1. The van der Waals surface area contributed by atoms with Crippen molar-refractivity contribution in [2.75, 3.05) is 19.0 Å². The van der Waals surface area contributed by atoms with Crippen molar-refractivity contribution < 1.29 is 9.53 Å². The van der Waals surface area contributed by atoms with E-state index in [1.807, 2.05) is 30.8 Å². The monoisotopic (exact) mass is 310 g/mol. The second kappa shape index (κ2) is 7.82. The molecule has 0 saturated heterocycles. The molecule has 0 radical (unpaired) electrons. The van der Waals surface area contributed by atoms with Gasteiger partial charge in [-0.25, -0.2) is 0 Å². The number of nitrogens with two attached hydrogens (primary N) is 1. The van der Waals surface area contributed by atoms with Gasteiger partial charge >= 0.3 is 0 Å². The summed E-state index contributed by atoms with van der Waals surface area (Å²) < 4.78 is 5.29. The van der Waals surface area contributed by atoms with E-state index in [1.165, 1.54) is 4.90 Å². The molecular weight excluding hydrogens is 284 g/mol. The van der Waals surface area contributed by atoms with E-state index in [4.69, 9.17) is 10.5 Å². The van der Waals surface area contributed by atoms with Crippen molar-refractivity contribution in [3.8, 4) is 0 Å². The lowest BCUT2D eigenvalue weighted by Gasteiger charge is -2.19. The Hall–Kier alpha value is -1.04. The van der Waals surface area contributed by atoms with Gasteiger partial charge in [0.05, 0.1) is 12.5 Å². The van der Waals surface area contributed by atoms with Crippen molar-refractivity contribution in [2.45, 2.75) is 49.9 Å². The summed E-state index contributed by atoms with van der Waals surface area (Å²) >= 11 is 1.81. The number of hydrogen-bond acceptors (Lipinski definition) is 4. The van der Waals surface area contributed by atoms with Gasteiger partial charge in [-0.1, -0.05) is 20.8 Å². The zero-order valence-electron chi connectivity index (χ0n) is 13.5. The average Bonchev–Trinajstić information content (AvgIpc) is 2.37. The molecule has 1 amide bonds. The van der Waals surface area contributed by atoms with Crippen LogP contribution in [0.3, 0.4) is 0 Å². The maximum atomic E-state index is 12.0. The molecule has 1 unspecified atom stereocenters.